The van der Waals surface area contributed by atoms with E-state index < -0.39 is 36.1 Å². The Hall–Kier alpha value is -2.12. The van der Waals surface area contributed by atoms with Crippen molar-refractivity contribution in [2.24, 2.45) is 0 Å². The number of carboxylic acids is 1. The maximum absolute atomic E-state index is 11.2. The van der Waals surface area contributed by atoms with Crippen molar-refractivity contribution in [3.8, 4) is 0 Å². The third-order valence-corrected chi connectivity index (χ3v) is 1.53. The fraction of sp³-hybridized carbons (Fsp3) is 0.556. The van der Waals surface area contributed by atoms with E-state index in [4.69, 9.17) is 0 Å². The predicted molar refractivity (Wildman–Crippen MR) is 48.1 cm³/mol. The van der Waals surface area contributed by atoms with E-state index in [1.165, 1.54) is 0 Å². The third kappa shape index (κ3) is 4.96. The summed E-state index contributed by atoms with van der Waals surface area (Å²) in [7, 11) is 0.957. The van der Waals surface area contributed by atoms with Gasteiger partial charge in [0.15, 0.2) is 6.10 Å². The van der Waals surface area contributed by atoms with Gasteiger partial charge in [0.25, 0.3) is 0 Å². The minimum Gasteiger partial charge on any atom is -0.546 e. The van der Waals surface area contributed by atoms with Crippen LogP contribution in [0.1, 0.15) is 13.8 Å². The van der Waals surface area contributed by atoms with Crippen molar-refractivity contribution in [3.63, 3.8) is 0 Å². The van der Waals surface area contributed by atoms with Crippen LogP contribution in [0.5, 0.6) is 0 Å². The quantitative estimate of drug-likeness (QED) is 0.395. The molecule has 0 fully saturated rings. The molecule has 0 unspecified atom stereocenters. The van der Waals surface area contributed by atoms with E-state index >= 15 is 0 Å². The number of hydrogen-bond acceptors (Lipinski definition) is 8. The minimum absolute atomic E-state index is 0.929. The Bertz CT molecular complexity index is 334. The van der Waals surface area contributed by atoms with Crippen molar-refractivity contribution >= 4 is 23.9 Å². The van der Waals surface area contributed by atoms with Crippen molar-refractivity contribution in [1.82, 2.24) is 0 Å². The molecule has 0 aliphatic rings. The summed E-state index contributed by atoms with van der Waals surface area (Å²) in [6.07, 6.45) is -3.95. The van der Waals surface area contributed by atoms with Crippen LogP contribution in [0.15, 0.2) is 0 Å². The molecule has 0 saturated carbocycles. The molecule has 0 N–H and O–H groups in total. The summed E-state index contributed by atoms with van der Waals surface area (Å²) in [6.45, 7) is 1.88. The summed E-state index contributed by atoms with van der Waals surface area (Å²) in [5.74, 6) is -4.95. The smallest absolute Gasteiger partial charge is 0.351 e. The molecule has 0 radical (unpaired) electrons. The van der Waals surface area contributed by atoms with Gasteiger partial charge in [-0.1, -0.05) is 0 Å². The molecule has 0 heterocycles. The van der Waals surface area contributed by atoms with E-state index in [0.29, 0.717) is 0 Å². The Balaban J connectivity index is 5.05. The van der Waals surface area contributed by atoms with E-state index in [1.54, 1.807) is 0 Å². The fourth-order valence-corrected chi connectivity index (χ4v) is 0.941. The molecule has 0 aliphatic carbocycles. The van der Waals surface area contributed by atoms with E-state index in [0.717, 1.165) is 21.0 Å². The number of carbonyl (C=O) groups is 4. The SMILES string of the molecule is COC(=O)[C@H](OC(C)=O)[C@@H](OC(C)=O)C(=O)[O-]. The molecule has 8 heteroatoms. The molecular weight excluding hydrogens is 236 g/mol. The first-order chi connectivity index (χ1) is 7.79. The fourth-order valence-electron chi connectivity index (χ4n) is 0.941. The topological polar surface area (TPSA) is 119 Å². The second-order valence-electron chi connectivity index (χ2n) is 2.90. The molecular formula is C9H11O8-. The number of carboxylic acid groups (broad SMARTS) is 1. The van der Waals surface area contributed by atoms with Crippen molar-refractivity contribution in [3.05, 3.63) is 0 Å². The predicted octanol–water partition coefficient (Wildman–Crippen LogP) is -2.23. The van der Waals surface area contributed by atoms with Crippen LogP contribution in [0.4, 0.5) is 0 Å². The van der Waals surface area contributed by atoms with Crippen molar-refractivity contribution in [2.45, 2.75) is 26.1 Å². The van der Waals surface area contributed by atoms with Crippen molar-refractivity contribution in [2.75, 3.05) is 7.11 Å². The van der Waals surface area contributed by atoms with Crippen LogP contribution in [0.25, 0.3) is 0 Å². The number of ether oxygens (including phenoxy) is 3. The molecule has 0 amide bonds. The molecule has 8 nitrogen and oxygen atoms in total. The highest BCUT2D eigenvalue weighted by Crippen LogP contribution is 2.07. The lowest BCUT2D eigenvalue weighted by atomic mass is 10.2. The minimum atomic E-state index is -2.05. The summed E-state index contributed by atoms with van der Waals surface area (Å²) >= 11 is 0. The summed E-state index contributed by atoms with van der Waals surface area (Å²) in [6, 6.07) is 0. The number of hydrogen-bond donors (Lipinski definition) is 0. The van der Waals surface area contributed by atoms with Crippen LogP contribution >= 0.6 is 0 Å². The Morgan fingerprint density at radius 2 is 1.35 bits per heavy atom. The molecule has 0 aromatic carbocycles. The van der Waals surface area contributed by atoms with Gasteiger partial charge in [-0.3, -0.25) is 9.59 Å². The van der Waals surface area contributed by atoms with Gasteiger partial charge in [-0.05, 0) is 0 Å². The molecule has 0 rings (SSSR count). The third-order valence-electron chi connectivity index (χ3n) is 1.53. The zero-order valence-corrected chi connectivity index (χ0v) is 9.42. The molecule has 0 spiro atoms. The van der Waals surface area contributed by atoms with Crippen LogP contribution in [0.2, 0.25) is 0 Å². The van der Waals surface area contributed by atoms with Gasteiger partial charge in [0.1, 0.15) is 0 Å². The van der Waals surface area contributed by atoms with E-state index in [2.05, 4.69) is 14.2 Å². The lowest BCUT2D eigenvalue weighted by Crippen LogP contribution is -2.51. The van der Waals surface area contributed by atoms with Crippen LogP contribution in [0.3, 0.4) is 0 Å². The maximum Gasteiger partial charge on any atom is 0.351 e. The summed E-state index contributed by atoms with van der Waals surface area (Å²) in [5, 5.41) is 10.7. The number of aliphatic carboxylic acids is 1. The van der Waals surface area contributed by atoms with Crippen LogP contribution in [-0.4, -0.2) is 43.2 Å². The zero-order valence-electron chi connectivity index (χ0n) is 9.42. The van der Waals surface area contributed by atoms with E-state index in [9.17, 15) is 24.3 Å². The maximum atomic E-state index is 11.2. The Morgan fingerprint density at radius 3 is 1.65 bits per heavy atom. The van der Waals surface area contributed by atoms with Gasteiger partial charge in [0, 0.05) is 13.8 Å². The summed E-state index contributed by atoms with van der Waals surface area (Å²) in [5.41, 5.74) is 0. The largest absolute Gasteiger partial charge is 0.546 e. The number of rotatable bonds is 5. The molecule has 96 valence electrons. The second kappa shape index (κ2) is 6.46. The summed E-state index contributed by atoms with van der Waals surface area (Å²) < 4.78 is 13.0. The lowest BCUT2D eigenvalue weighted by Gasteiger charge is -2.24. The average Bonchev–Trinajstić information content (AvgIpc) is 2.21. The zero-order chi connectivity index (χ0) is 13.6. The highest BCUT2D eigenvalue weighted by atomic mass is 16.6. The molecule has 2 atom stereocenters. The molecule has 0 saturated heterocycles. The van der Waals surface area contributed by atoms with Gasteiger partial charge >= 0.3 is 17.9 Å². The van der Waals surface area contributed by atoms with Gasteiger partial charge in [-0.2, -0.15) is 0 Å². The molecule has 0 aromatic rings. The van der Waals surface area contributed by atoms with Crippen molar-refractivity contribution < 1.29 is 38.5 Å². The molecule has 17 heavy (non-hydrogen) atoms. The highest BCUT2D eigenvalue weighted by molar-refractivity contribution is 5.87. The van der Waals surface area contributed by atoms with Crippen LogP contribution in [0, 0.1) is 0 Å². The average molecular weight is 247 g/mol. The van der Waals surface area contributed by atoms with Crippen molar-refractivity contribution in [1.29, 1.82) is 0 Å². The Kier molecular flexibility index (Phi) is 5.65. The monoisotopic (exact) mass is 247 g/mol. The molecule has 0 aliphatic heterocycles. The standard InChI is InChI=1S/C9H12O8/c1-4(10)16-6(8(12)13)7(9(14)15-3)17-5(2)11/h6-7H,1-3H3,(H,12,13)/p-1/t6-,7-/m1/s1. The van der Waals surface area contributed by atoms with E-state index in [-0.39, 0.29) is 0 Å². The molecule has 0 aromatic heterocycles. The van der Waals surface area contributed by atoms with Crippen LogP contribution < -0.4 is 5.11 Å². The van der Waals surface area contributed by atoms with E-state index in [1.807, 2.05) is 0 Å². The first kappa shape index (κ1) is 14.9. The van der Waals surface area contributed by atoms with Crippen LogP contribution in [-0.2, 0) is 33.4 Å². The first-order valence-electron chi connectivity index (χ1n) is 4.42. The van der Waals surface area contributed by atoms with Gasteiger partial charge in [-0.25, -0.2) is 4.79 Å². The first-order valence-corrected chi connectivity index (χ1v) is 4.42. The Morgan fingerprint density at radius 1 is 0.941 bits per heavy atom. The number of methoxy groups -OCH3 is 1. The lowest BCUT2D eigenvalue weighted by molar-refractivity contribution is -0.318. The van der Waals surface area contributed by atoms with Gasteiger partial charge in [0.2, 0.25) is 6.10 Å². The number of carbonyl (C=O) groups excluding carboxylic acids is 4. The van der Waals surface area contributed by atoms with Gasteiger partial charge < -0.3 is 24.1 Å². The second-order valence-corrected chi connectivity index (χ2v) is 2.90. The Labute approximate surface area is 96.4 Å². The number of esters is 3. The normalized spacial score (nSPS) is 13.1. The highest BCUT2D eigenvalue weighted by Gasteiger charge is 2.35. The molecule has 0 bridgehead atoms. The summed E-state index contributed by atoms with van der Waals surface area (Å²) in [4.78, 5) is 43.2. The van der Waals surface area contributed by atoms with Gasteiger partial charge in [0.05, 0.1) is 13.1 Å². The van der Waals surface area contributed by atoms with Gasteiger partial charge in [-0.15, -0.1) is 0 Å².